The molecule has 11 rings (SSSR count). The number of aliphatic hydroxyl groups excluding tert-OH is 4. The van der Waals surface area contributed by atoms with Crippen LogP contribution in [0.1, 0.15) is 133 Å². The largest absolute Gasteiger partial charge is 0.508 e. The number of nitrogens with one attached hydrogen (secondary N) is 2. The number of aryl methyl sites for hydroxylation is 1. The van der Waals surface area contributed by atoms with E-state index in [1.165, 1.54) is 0 Å². The van der Waals surface area contributed by atoms with E-state index < -0.39 is 58.9 Å². The number of benzene rings is 5. The molecule has 3 saturated carbocycles. The highest BCUT2D eigenvalue weighted by Crippen LogP contribution is 2.58. The summed E-state index contributed by atoms with van der Waals surface area (Å²) in [4.78, 5) is 21.0. The van der Waals surface area contributed by atoms with Crippen molar-refractivity contribution in [1.82, 2.24) is 10.3 Å². The fourth-order valence-electron chi connectivity index (χ4n) is 15.6. The molecule has 0 radical (unpaired) electrons. The fourth-order valence-corrected chi connectivity index (χ4v) is 21.3. The second-order valence-corrected chi connectivity index (χ2v) is 29.8. The maximum atomic E-state index is 17.7. The number of ether oxygens (including phenoxy) is 4. The summed E-state index contributed by atoms with van der Waals surface area (Å²) in [6.07, 6.45) is 10.4. The number of carbonyl (C=O) groups excluding carboxylic acids is 1. The van der Waals surface area contributed by atoms with Crippen LogP contribution in [0.25, 0.3) is 10.8 Å². The monoisotopic (exact) mass is 1250 g/mol. The SMILES string of the molecule is CCOC[C@H]1CC[C@@H]2CSSC[C@H]([C@@]3(c4cc(O)cc(C5(NC)CCCCC5)c4)C(=O)[C@@H]4[C@H](CSS[C@@H](CO)c5cccc6ccc(CC)c(c56)Cc5c(ccc(O)c5OC)C[C@@H](Cc5cc[nH]c5)[C@@H]4O)C[C@@H]3O)c3ccc(OCO)c(c3)O[C@H]2C1. The summed E-state index contributed by atoms with van der Waals surface area (Å²) in [5.74, 6) is -0.0824. The number of rotatable bonds is 14. The standard InChI is InChI=1S/C69H86N2O11S4/c1-5-43-15-16-44-11-10-12-53-61(35-72)86-85-38-49-29-62(76)69(51-30-50(31-52(74)32-51)68(70-3)22-8-7-9-23-68,56-39-84-83-37-47-14-13-42(36-80-6-2)26-59(47)82-60-28-46(56)18-20-58(60)81-40-73)67(78)64(49)65(77)48(25-41-21-24-71-34-41)27-45-17-19-57(75)66(79-4)55(45)33-54(43)63(44)53/h10-12,15-21,24,28,30-32,34,42,47-49,56,59,61-62,64-65,70-77H,5-9,13-14,22-23,25-27,29,33,35-40H2,1-4H3/t42-,47+,48+,49-,56-,59-,61-,62-,64+,65-,69+/m0/s1. The minimum absolute atomic E-state index is 0.00265. The van der Waals surface area contributed by atoms with E-state index in [1.807, 2.05) is 68.8 Å². The van der Waals surface area contributed by atoms with Gasteiger partial charge in [0.1, 0.15) is 11.9 Å². The zero-order chi connectivity index (χ0) is 60.1. The molecule has 17 heteroatoms. The van der Waals surface area contributed by atoms with Crippen LogP contribution in [-0.4, -0.2) is 118 Å². The molecule has 11 atom stereocenters. The van der Waals surface area contributed by atoms with Crippen molar-refractivity contribution in [1.29, 1.82) is 0 Å². The molecule has 1 aromatic heterocycles. The molecular formula is C69H86N2O11S4. The third-order valence-corrected chi connectivity index (χ3v) is 25.4. The van der Waals surface area contributed by atoms with Gasteiger partial charge in [-0.25, -0.2) is 0 Å². The van der Waals surface area contributed by atoms with Crippen LogP contribution in [-0.2, 0) is 46.2 Å². The molecule has 86 heavy (non-hydrogen) atoms. The maximum Gasteiger partial charge on any atom is 0.186 e. The normalized spacial score (nSPS) is 28.1. The lowest BCUT2D eigenvalue weighted by molar-refractivity contribution is -0.150. The molecule has 2 aliphatic heterocycles. The number of phenols is 2. The summed E-state index contributed by atoms with van der Waals surface area (Å²) in [6.45, 7) is 4.69. The van der Waals surface area contributed by atoms with Crippen molar-refractivity contribution in [3.05, 3.63) is 147 Å². The van der Waals surface area contributed by atoms with Gasteiger partial charge in [-0.3, -0.25) is 4.79 Å². The molecule has 3 fully saturated rings. The Morgan fingerprint density at radius 3 is 2.42 bits per heavy atom. The molecule has 3 aliphatic carbocycles. The van der Waals surface area contributed by atoms with Gasteiger partial charge in [-0.15, -0.1) is 0 Å². The van der Waals surface area contributed by atoms with Crippen LogP contribution in [0.4, 0.5) is 0 Å². The molecule has 6 aromatic rings. The Hall–Kier alpha value is -4.53. The molecule has 0 amide bonds. The van der Waals surface area contributed by atoms with Crippen LogP contribution < -0.4 is 19.5 Å². The molecule has 13 nitrogen and oxygen atoms in total. The van der Waals surface area contributed by atoms with Crippen molar-refractivity contribution in [2.45, 2.75) is 138 Å². The minimum atomic E-state index is -1.76. The van der Waals surface area contributed by atoms with Crippen LogP contribution in [0, 0.1) is 29.6 Å². The van der Waals surface area contributed by atoms with Crippen LogP contribution in [0.3, 0.4) is 0 Å². The zero-order valence-electron chi connectivity index (χ0n) is 50.0. The number of aliphatic hydroxyl groups is 4. The highest BCUT2D eigenvalue weighted by molar-refractivity contribution is 8.77. The first-order chi connectivity index (χ1) is 41.9. The number of H-pyrrole nitrogens is 1. The number of hydrogen-bond acceptors (Lipinski definition) is 16. The van der Waals surface area contributed by atoms with Gasteiger partial charge in [0.05, 0.1) is 36.6 Å². The van der Waals surface area contributed by atoms with E-state index in [2.05, 4.69) is 47.6 Å². The van der Waals surface area contributed by atoms with Gasteiger partial charge in [0.2, 0.25) is 0 Å². The Kier molecular flexibility index (Phi) is 20.6. The lowest BCUT2D eigenvalue weighted by atomic mass is 9.52. The van der Waals surface area contributed by atoms with Crippen LogP contribution in [0.15, 0.2) is 97.3 Å². The number of ketones is 1. The van der Waals surface area contributed by atoms with E-state index in [9.17, 15) is 30.6 Å². The number of phenolic OH excluding ortho intramolecular Hbond substituents is 2. The summed E-state index contributed by atoms with van der Waals surface area (Å²) in [7, 11) is 10.1. The predicted octanol–water partition coefficient (Wildman–Crippen LogP) is 12.5. The number of aromatic hydroxyl groups is 2. The lowest BCUT2D eigenvalue weighted by Gasteiger charge is -2.53. The molecular weight excluding hydrogens is 1160 g/mol. The predicted molar refractivity (Wildman–Crippen MR) is 348 cm³/mol. The molecule has 3 heterocycles. The molecule has 0 spiro atoms. The first kappa shape index (κ1) is 63.1. The van der Waals surface area contributed by atoms with Crippen molar-refractivity contribution in [3.63, 3.8) is 0 Å². The summed E-state index contributed by atoms with van der Waals surface area (Å²) in [5.41, 5.74) is 5.58. The number of carbonyl (C=O) groups is 1. The highest BCUT2D eigenvalue weighted by atomic mass is 33.1. The minimum Gasteiger partial charge on any atom is -0.508 e. The summed E-state index contributed by atoms with van der Waals surface area (Å²) in [5, 5.41) is 79.2. The Morgan fingerprint density at radius 2 is 1.66 bits per heavy atom. The van der Waals surface area contributed by atoms with Crippen molar-refractivity contribution >= 4 is 59.7 Å². The summed E-state index contributed by atoms with van der Waals surface area (Å²) in [6, 6.07) is 27.4. The summed E-state index contributed by atoms with van der Waals surface area (Å²) >= 11 is 0. The van der Waals surface area contributed by atoms with Crippen molar-refractivity contribution < 1.29 is 54.4 Å². The topological polar surface area (TPSA) is 203 Å². The van der Waals surface area contributed by atoms with Crippen LogP contribution in [0.2, 0.25) is 0 Å². The molecule has 462 valence electrons. The van der Waals surface area contributed by atoms with Gasteiger partial charge in [0.25, 0.3) is 0 Å². The third-order valence-electron chi connectivity index (χ3n) is 20.0. The smallest absolute Gasteiger partial charge is 0.186 e. The number of fused-ring (bicyclic) bond motifs is 5. The van der Waals surface area contributed by atoms with E-state index in [1.54, 1.807) is 62.4 Å². The maximum absolute atomic E-state index is 17.7. The number of aromatic nitrogens is 1. The van der Waals surface area contributed by atoms with Gasteiger partial charge in [-0.05, 0) is 181 Å². The van der Waals surface area contributed by atoms with Crippen LogP contribution >= 0.6 is 43.2 Å². The third kappa shape index (κ3) is 12.5. The van der Waals surface area contributed by atoms with Crippen molar-refractivity contribution in [2.75, 3.05) is 58.0 Å². The van der Waals surface area contributed by atoms with E-state index >= 15 is 4.79 Å². The number of Topliss-reactive ketones (excluding diaryl/α,β-unsaturated/α-hetero) is 1. The van der Waals surface area contributed by atoms with Crippen molar-refractivity contribution in [2.24, 2.45) is 29.6 Å². The van der Waals surface area contributed by atoms with Crippen LogP contribution in [0.5, 0.6) is 28.7 Å². The molecule has 0 saturated heterocycles. The average molecular weight is 1250 g/mol. The van der Waals surface area contributed by atoms with Crippen molar-refractivity contribution in [3.8, 4) is 28.7 Å². The highest BCUT2D eigenvalue weighted by Gasteiger charge is 2.62. The lowest BCUT2D eigenvalue weighted by Crippen LogP contribution is -2.62. The molecule has 2 bridgehead atoms. The number of methoxy groups -OCH3 is 1. The second kappa shape index (κ2) is 28.1. The van der Waals surface area contributed by atoms with E-state index in [4.69, 9.17) is 18.9 Å². The van der Waals surface area contributed by atoms with Gasteiger partial charge < -0.3 is 59.9 Å². The van der Waals surface area contributed by atoms with E-state index in [0.717, 1.165) is 119 Å². The van der Waals surface area contributed by atoms with E-state index in [-0.39, 0.29) is 42.3 Å². The van der Waals surface area contributed by atoms with Gasteiger partial charge in [0.15, 0.2) is 35.6 Å². The molecule has 5 aromatic carbocycles. The molecule has 8 N–H and O–H groups in total. The Bertz CT molecular complexity index is 3290. The first-order valence-corrected chi connectivity index (χ1v) is 36.0. The average Bonchev–Trinajstić information content (AvgIpc) is 0.784. The Balaban J connectivity index is 1.12. The Morgan fingerprint density at radius 1 is 0.849 bits per heavy atom. The second-order valence-electron chi connectivity index (χ2n) is 24.7. The molecule has 5 aliphatic rings. The van der Waals surface area contributed by atoms with Gasteiger partial charge >= 0.3 is 0 Å². The number of aromatic amines is 1. The quantitative estimate of drug-likeness (QED) is 0.0378. The Labute approximate surface area is 522 Å². The fraction of sp³-hybridized carbons (Fsp3) is 0.522. The van der Waals surface area contributed by atoms with E-state index in [0.29, 0.717) is 72.7 Å². The van der Waals surface area contributed by atoms with Gasteiger partial charge in [0, 0.05) is 78.1 Å². The summed E-state index contributed by atoms with van der Waals surface area (Å²) < 4.78 is 25.2. The first-order valence-electron chi connectivity index (χ1n) is 31.1. The zero-order valence-corrected chi connectivity index (χ0v) is 53.3. The van der Waals surface area contributed by atoms with Gasteiger partial charge in [-0.1, -0.05) is 118 Å². The molecule has 0 unspecified atom stereocenters. The van der Waals surface area contributed by atoms with Gasteiger partial charge in [-0.2, -0.15) is 0 Å². The number of hydrogen-bond donors (Lipinski definition) is 8.